The number of primary amides is 1. The van der Waals surface area contributed by atoms with Gasteiger partial charge in [-0.2, -0.15) is 0 Å². The van der Waals surface area contributed by atoms with Gasteiger partial charge in [-0.05, 0) is 66.4 Å². The highest BCUT2D eigenvalue weighted by atomic mass is 33.1. The summed E-state index contributed by atoms with van der Waals surface area (Å²) in [6.07, 6.45) is 0.0867. The lowest BCUT2D eigenvalue weighted by Crippen LogP contribution is -2.54. The van der Waals surface area contributed by atoms with E-state index >= 15 is 0 Å². The van der Waals surface area contributed by atoms with Gasteiger partial charge in [-0.1, -0.05) is 77.0 Å². The molecule has 0 bridgehead atoms. The van der Waals surface area contributed by atoms with Gasteiger partial charge in [0.1, 0.15) is 29.7 Å². The molecule has 5 unspecified atom stereocenters. The van der Waals surface area contributed by atoms with Crippen molar-refractivity contribution in [2.45, 2.75) is 63.4 Å². The number of nitrogens with one attached hydrogen (secondary N) is 4. The summed E-state index contributed by atoms with van der Waals surface area (Å²) >= 11 is 0. The molecule has 0 saturated carbocycles. The lowest BCUT2D eigenvalue weighted by molar-refractivity contribution is -0.129. The van der Waals surface area contributed by atoms with Crippen LogP contribution in [0.25, 0.3) is 22.0 Å². The number of amides is 4. The molecule has 3 aromatic carbocycles. The maximum Gasteiger partial charge on any atom is 0.243 e. The molecule has 5 atom stereocenters. The molecule has 15 heteroatoms. The third kappa shape index (κ3) is 12.6. The number of hydrogen-bond acceptors (Lipinski definition) is 11. The Morgan fingerprint density at radius 3 is 2.13 bits per heavy atom. The Labute approximate surface area is 323 Å². The van der Waals surface area contributed by atoms with Crippen LogP contribution in [0, 0.1) is 0 Å². The molecule has 0 aliphatic carbocycles. The Bertz CT molecular complexity index is 1850. The van der Waals surface area contributed by atoms with Crippen molar-refractivity contribution >= 4 is 61.9 Å². The standard InChI is InChI=1S/C39H48N6O7S2/c1-4-8-36(48)43-34(39(51)44-32(21-46)24(2)47)23-54-53-22-33(37(40)49)45-38(50)31(19-25-9-6-5-7-10-25)42-35-18-14-28-20-27(13-17-30(28)41-35)26-11-15-29(52-3)16-12-26/h5-7,9-18,20,24,31-34,46-47H,4,8,19,21-23H2,1-3H3,(H2,40,49)(H,41,42)(H,43,48)(H,44,51)(H,45,50). The van der Waals surface area contributed by atoms with E-state index in [4.69, 9.17) is 15.5 Å². The van der Waals surface area contributed by atoms with E-state index in [0.29, 0.717) is 18.7 Å². The van der Waals surface area contributed by atoms with E-state index in [9.17, 15) is 29.4 Å². The van der Waals surface area contributed by atoms with Crippen LogP contribution in [0.15, 0.2) is 84.9 Å². The van der Waals surface area contributed by atoms with Gasteiger partial charge in [-0.15, -0.1) is 0 Å². The molecular weight excluding hydrogens is 729 g/mol. The summed E-state index contributed by atoms with van der Waals surface area (Å²) in [6, 6.07) is 23.2. The molecule has 4 rings (SSSR count). The Hall–Kier alpha value is -4.83. The number of carbonyl (C=O) groups excluding carboxylic acids is 4. The smallest absolute Gasteiger partial charge is 0.243 e. The number of nitrogens with two attached hydrogens (primary N) is 1. The fourth-order valence-corrected chi connectivity index (χ4v) is 7.73. The summed E-state index contributed by atoms with van der Waals surface area (Å²) in [4.78, 5) is 56.4. The first-order valence-electron chi connectivity index (χ1n) is 17.6. The first-order valence-corrected chi connectivity index (χ1v) is 20.1. The normalized spacial score (nSPS) is 13.9. The average molecular weight is 777 g/mol. The number of benzene rings is 3. The molecule has 288 valence electrons. The van der Waals surface area contributed by atoms with Crippen molar-refractivity contribution in [3.63, 3.8) is 0 Å². The van der Waals surface area contributed by atoms with Crippen molar-refractivity contribution in [1.29, 1.82) is 0 Å². The first-order chi connectivity index (χ1) is 26.0. The van der Waals surface area contributed by atoms with E-state index < -0.39 is 54.6 Å². The minimum absolute atomic E-state index is 0.0821. The van der Waals surface area contributed by atoms with Crippen LogP contribution < -0.4 is 31.7 Å². The minimum Gasteiger partial charge on any atom is -0.497 e. The van der Waals surface area contributed by atoms with Crippen LogP contribution in [0.3, 0.4) is 0 Å². The topological polar surface area (TPSA) is 205 Å². The number of pyridine rings is 1. The number of fused-ring (bicyclic) bond motifs is 1. The fourth-order valence-electron chi connectivity index (χ4n) is 5.38. The molecule has 1 aromatic heterocycles. The summed E-state index contributed by atoms with van der Waals surface area (Å²) in [5, 5.41) is 31.6. The van der Waals surface area contributed by atoms with Gasteiger partial charge in [-0.25, -0.2) is 4.98 Å². The van der Waals surface area contributed by atoms with Crippen LogP contribution >= 0.6 is 21.6 Å². The number of aromatic nitrogens is 1. The maximum absolute atomic E-state index is 13.8. The number of rotatable bonds is 21. The van der Waals surface area contributed by atoms with E-state index in [2.05, 4.69) is 21.3 Å². The monoisotopic (exact) mass is 776 g/mol. The summed E-state index contributed by atoms with van der Waals surface area (Å²) in [7, 11) is 4.04. The predicted molar refractivity (Wildman–Crippen MR) is 215 cm³/mol. The lowest BCUT2D eigenvalue weighted by atomic mass is 10.0. The molecule has 0 saturated heterocycles. The Morgan fingerprint density at radius 2 is 1.50 bits per heavy atom. The lowest BCUT2D eigenvalue weighted by Gasteiger charge is -2.24. The molecule has 13 nitrogen and oxygen atoms in total. The highest BCUT2D eigenvalue weighted by Gasteiger charge is 2.28. The molecule has 0 radical (unpaired) electrons. The van der Waals surface area contributed by atoms with Gasteiger partial charge in [-0.3, -0.25) is 19.2 Å². The molecular formula is C39H48N6O7S2. The third-order valence-electron chi connectivity index (χ3n) is 8.48. The Balaban J connectivity index is 1.43. The fraction of sp³-hybridized carbons (Fsp3) is 0.359. The van der Waals surface area contributed by atoms with Gasteiger partial charge in [0, 0.05) is 29.7 Å². The second-order valence-corrected chi connectivity index (χ2v) is 15.2. The number of carbonyl (C=O) groups is 4. The van der Waals surface area contributed by atoms with E-state index in [-0.39, 0.29) is 23.8 Å². The molecule has 0 spiro atoms. The second kappa shape index (κ2) is 21.2. The number of nitrogens with zero attached hydrogens (tertiary/aromatic N) is 1. The number of aliphatic hydroxyl groups excluding tert-OH is 2. The van der Waals surface area contributed by atoms with Crippen molar-refractivity contribution < 1.29 is 34.1 Å². The predicted octanol–water partition coefficient (Wildman–Crippen LogP) is 3.43. The second-order valence-electron chi connectivity index (χ2n) is 12.7. The zero-order valence-electron chi connectivity index (χ0n) is 30.5. The van der Waals surface area contributed by atoms with Crippen LogP contribution in [-0.2, 0) is 25.6 Å². The zero-order chi connectivity index (χ0) is 39.0. The highest BCUT2D eigenvalue weighted by molar-refractivity contribution is 8.76. The molecule has 1 heterocycles. The quantitative estimate of drug-likeness (QED) is 0.0483. The van der Waals surface area contributed by atoms with Crippen LogP contribution in [0.5, 0.6) is 5.75 Å². The molecule has 54 heavy (non-hydrogen) atoms. The number of ether oxygens (including phenoxy) is 1. The van der Waals surface area contributed by atoms with E-state index in [1.54, 1.807) is 13.2 Å². The van der Waals surface area contributed by atoms with Crippen molar-refractivity contribution in [3.8, 4) is 16.9 Å². The summed E-state index contributed by atoms with van der Waals surface area (Å²) < 4.78 is 5.27. The minimum atomic E-state index is -1.05. The third-order valence-corrected chi connectivity index (χ3v) is 10.9. The van der Waals surface area contributed by atoms with Crippen LogP contribution in [0.4, 0.5) is 5.82 Å². The maximum atomic E-state index is 13.8. The van der Waals surface area contributed by atoms with Crippen molar-refractivity contribution in [3.05, 3.63) is 90.5 Å². The molecule has 8 N–H and O–H groups in total. The van der Waals surface area contributed by atoms with Gasteiger partial charge in [0.05, 0.1) is 31.4 Å². The van der Waals surface area contributed by atoms with Crippen molar-refractivity contribution in [1.82, 2.24) is 20.9 Å². The van der Waals surface area contributed by atoms with Gasteiger partial charge in [0.2, 0.25) is 23.6 Å². The summed E-state index contributed by atoms with van der Waals surface area (Å²) in [5.74, 6) is -0.638. The summed E-state index contributed by atoms with van der Waals surface area (Å²) in [5.41, 5.74) is 9.41. The van der Waals surface area contributed by atoms with E-state index in [0.717, 1.165) is 33.3 Å². The van der Waals surface area contributed by atoms with E-state index in [1.165, 1.54) is 28.5 Å². The Kier molecular flexibility index (Phi) is 16.4. The number of aliphatic hydroxyl groups is 2. The van der Waals surface area contributed by atoms with Crippen LogP contribution in [0.2, 0.25) is 0 Å². The Morgan fingerprint density at radius 1 is 0.833 bits per heavy atom. The molecule has 4 aromatic rings. The molecule has 0 aliphatic rings. The number of methoxy groups -OCH3 is 1. The van der Waals surface area contributed by atoms with Crippen molar-refractivity contribution in [2.75, 3.05) is 30.5 Å². The number of hydrogen-bond donors (Lipinski definition) is 7. The number of anilines is 1. The summed E-state index contributed by atoms with van der Waals surface area (Å²) in [6.45, 7) is 2.79. The molecule has 0 aliphatic heterocycles. The SMILES string of the molecule is CCCC(=O)NC(CSSCC(NC(=O)C(Cc1ccccc1)Nc1ccc2cc(-c3ccc(OC)cc3)ccc2n1)C(N)=O)C(=O)NC(CO)C(C)O. The van der Waals surface area contributed by atoms with Gasteiger partial charge < -0.3 is 42.0 Å². The molecule has 4 amide bonds. The zero-order valence-corrected chi connectivity index (χ0v) is 32.1. The highest BCUT2D eigenvalue weighted by Crippen LogP contribution is 2.27. The average Bonchev–Trinajstić information content (AvgIpc) is 3.17. The van der Waals surface area contributed by atoms with Gasteiger partial charge in [0.25, 0.3) is 0 Å². The first kappa shape index (κ1) is 41.9. The van der Waals surface area contributed by atoms with Crippen molar-refractivity contribution in [2.24, 2.45) is 5.73 Å². The van der Waals surface area contributed by atoms with Gasteiger partial charge >= 0.3 is 0 Å². The largest absolute Gasteiger partial charge is 0.497 e. The van der Waals surface area contributed by atoms with Gasteiger partial charge in [0.15, 0.2) is 0 Å². The van der Waals surface area contributed by atoms with E-state index in [1.807, 2.05) is 85.8 Å². The van der Waals surface area contributed by atoms with Crippen LogP contribution in [-0.4, -0.2) is 94.3 Å². The molecule has 0 fully saturated rings. The van der Waals surface area contributed by atoms with Crippen LogP contribution in [0.1, 0.15) is 32.3 Å².